The molecule has 0 aliphatic carbocycles. The normalized spacial score (nSPS) is 12.8. The molecule has 0 spiro atoms. The lowest BCUT2D eigenvalue weighted by Gasteiger charge is -2.23. The fourth-order valence-electron chi connectivity index (χ4n) is 1.32. The van der Waals surface area contributed by atoms with Crippen LogP contribution < -0.4 is 0 Å². The third-order valence-electron chi connectivity index (χ3n) is 2.39. The average molecular weight is 366 g/mol. The Labute approximate surface area is 146 Å². The van der Waals surface area contributed by atoms with Crippen molar-refractivity contribution in [3.8, 4) is 0 Å². The molecular weight excluding hydrogens is 328 g/mol. The van der Waals surface area contributed by atoms with Crippen molar-refractivity contribution in [1.29, 1.82) is 0 Å². The van der Waals surface area contributed by atoms with Gasteiger partial charge in [-0.1, -0.05) is 55.4 Å². The van der Waals surface area contributed by atoms with Crippen molar-refractivity contribution in [1.82, 2.24) is 0 Å². The summed E-state index contributed by atoms with van der Waals surface area (Å²) in [7, 11) is -4.05. The van der Waals surface area contributed by atoms with Gasteiger partial charge in [0.15, 0.2) is 0 Å². The van der Waals surface area contributed by atoms with Crippen LogP contribution in [-0.4, -0.2) is 45.5 Å². The summed E-state index contributed by atoms with van der Waals surface area (Å²) in [6.45, 7) is 19.4. The summed E-state index contributed by atoms with van der Waals surface area (Å²) < 4.78 is 29.4. The van der Waals surface area contributed by atoms with Crippen molar-refractivity contribution < 1.29 is 21.8 Å². The lowest BCUT2D eigenvalue weighted by molar-refractivity contribution is 0.0630. The fourth-order valence-corrected chi connectivity index (χ4v) is 5.24. The molecule has 0 aromatic carbocycles. The Morgan fingerprint density at radius 1 is 0.609 bits per heavy atom. The minimum absolute atomic E-state index is 0.439. The summed E-state index contributed by atoms with van der Waals surface area (Å²) in [6.07, 6.45) is 0. The summed E-state index contributed by atoms with van der Waals surface area (Å²) in [5.41, 5.74) is 0. The molecule has 5 nitrogen and oxygen atoms in total. The highest BCUT2D eigenvalue weighted by Gasteiger charge is 2.29. The predicted octanol–water partition coefficient (Wildman–Crippen LogP) is 3.40. The first-order valence-corrected chi connectivity index (χ1v) is 11.4. The monoisotopic (exact) mass is 365 g/mol. The maximum absolute atomic E-state index is 6.00. The first-order chi connectivity index (χ1) is 10.7. The van der Waals surface area contributed by atoms with Crippen molar-refractivity contribution in [2.75, 3.05) is 26.4 Å². The van der Waals surface area contributed by atoms with Crippen LogP contribution >= 0.6 is 0 Å². The molecule has 0 amide bonds. The molecule has 0 aliphatic rings. The van der Waals surface area contributed by atoms with E-state index in [0.29, 0.717) is 50.1 Å². The molecule has 23 heavy (non-hydrogen) atoms. The number of rotatable bonds is 14. The van der Waals surface area contributed by atoms with Crippen LogP contribution in [0.25, 0.3) is 0 Å². The molecule has 0 rings (SSSR count). The van der Waals surface area contributed by atoms with E-state index in [1.165, 1.54) is 0 Å². The van der Waals surface area contributed by atoms with Gasteiger partial charge < -0.3 is 21.8 Å². The van der Waals surface area contributed by atoms with Crippen LogP contribution in [0.4, 0.5) is 0 Å². The smallest absolute Gasteiger partial charge is 0.376 e. The van der Waals surface area contributed by atoms with Crippen LogP contribution in [0.5, 0.6) is 0 Å². The maximum atomic E-state index is 6.00. The zero-order valence-corrected chi connectivity index (χ0v) is 18.4. The van der Waals surface area contributed by atoms with Crippen molar-refractivity contribution in [3.63, 3.8) is 0 Å². The minimum Gasteiger partial charge on any atom is -0.376 e. The summed E-state index contributed by atoms with van der Waals surface area (Å²) in [4.78, 5) is 0. The quantitative estimate of drug-likeness (QED) is 0.442. The van der Waals surface area contributed by atoms with Gasteiger partial charge >= 0.3 is 19.1 Å². The van der Waals surface area contributed by atoms with Crippen LogP contribution in [-0.2, 0) is 21.8 Å². The number of hydrogen-bond donors (Lipinski definition) is 0. The molecule has 0 atom stereocenters. The second-order valence-electron chi connectivity index (χ2n) is 7.52. The Morgan fingerprint density at radius 3 is 1.26 bits per heavy atom. The summed E-state index contributed by atoms with van der Waals surface area (Å²) in [5.74, 6) is 1.77. The second-order valence-corrected chi connectivity index (χ2v) is 10.8. The maximum Gasteiger partial charge on any atom is 0.569 e. The Bertz CT molecular complexity index is 225. The largest absolute Gasteiger partial charge is 0.569 e. The zero-order chi connectivity index (χ0) is 17.8. The Kier molecular flexibility index (Phi) is 13.7. The first kappa shape index (κ1) is 23.2. The van der Waals surface area contributed by atoms with Gasteiger partial charge in [0.1, 0.15) is 0 Å². The highest BCUT2D eigenvalue weighted by Crippen LogP contribution is 2.07. The summed E-state index contributed by atoms with van der Waals surface area (Å²) in [6, 6.07) is 0. The van der Waals surface area contributed by atoms with E-state index in [1.807, 2.05) is 0 Å². The van der Waals surface area contributed by atoms with E-state index < -0.39 is 19.1 Å². The molecule has 1 radical (unpaired) electrons. The van der Waals surface area contributed by atoms with Crippen molar-refractivity contribution in [2.24, 2.45) is 23.7 Å². The lowest BCUT2D eigenvalue weighted by atomic mass is 10.2. The standard InChI is InChI=1S/C16H37O5Si2/c1-13(2)9-17-22(18-10-14(3)4)21-23(19-11-15(5)6)20-12-16(7)8/h13-16,22H,9-12H2,1-8H3. The van der Waals surface area contributed by atoms with E-state index in [0.717, 1.165) is 0 Å². The molecule has 0 saturated heterocycles. The zero-order valence-electron chi connectivity index (χ0n) is 16.3. The lowest BCUT2D eigenvalue weighted by Crippen LogP contribution is -2.41. The van der Waals surface area contributed by atoms with Crippen LogP contribution in [0.2, 0.25) is 0 Å². The SMILES string of the molecule is CC(C)CO[Si](OCC(C)C)O[SiH](OCC(C)C)OCC(C)C. The van der Waals surface area contributed by atoms with Gasteiger partial charge in [-0.15, -0.1) is 0 Å². The fraction of sp³-hybridized carbons (Fsp3) is 1.00. The van der Waals surface area contributed by atoms with E-state index in [-0.39, 0.29) is 0 Å². The Morgan fingerprint density at radius 2 is 0.957 bits per heavy atom. The molecule has 7 heteroatoms. The predicted molar refractivity (Wildman–Crippen MR) is 97.1 cm³/mol. The topological polar surface area (TPSA) is 46.2 Å². The van der Waals surface area contributed by atoms with Crippen molar-refractivity contribution in [3.05, 3.63) is 0 Å². The van der Waals surface area contributed by atoms with Gasteiger partial charge in [0.2, 0.25) is 0 Å². The van der Waals surface area contributed by atoms with Gasteiger partial charge in [-0.25, -0.2) is 0 Å². The Balaban J connectivity index is 4.56. The van der Waals surface area contributed by atoms with E-state index in [2.05, 4.69) is 55.4 Å². The van der Waals surface area contributed by atoms with E-state index in [1.54, 1.807) is 0 Å². The van der Waals surface area contributed by atoms with Gasteiger partial charge in [0, 0.05) is 26.4 Å². The van der Waals surface area contributed by atoms with Gasteiger partial charge in [-0.3, -0.25) is 0 Å². The van der Waals surface area contributed by atoms with Gasteiger partial charge in [-0.05, 0) is 23.7 Å². The molecular formula is C16H37O5Si2. The molecule has 0 N–H and O–H groups in total. The van der Waals surface area contributed by atoms with Crippen LogP contribution in [0, 0.1) is 23.7 Å². The summed E-state index contributed by atoms with van der Waals surface area (Å²) >= 11 is 0. The number of hydrogen-bond acceptors (Lipinski definition) is 5. The van der Waals surface area contributed by atoms with Crippen LogP contribution in [0.3, 0.4) is 0 Å². The van der Waals surface area contributed by atoms with E-state index in [4.69, 9.17) is 21.8 Å². The third kappa shape index (κ3) is 15.5. The van der Waals surface area contributed by atoms with Gasteiger partial charge in [-0.2, -0.15) is 0 Å². The second kappa shape index (κ2) is 13.5. The molecule has 0 aromatic heterocycles. The Hall–Kier alpha value is 0.234. The van der Waals surface area contributed by atoms with Gasteiger partial charge in [0.05, 0.1) is 0 Å². The molecule has 0 aliphatic heterocycles. The highest BCUT2D eigenvalue weighted by molar-refractivity contribution is 6.51. The van der Waals surface area contributed by atoms with Crippen molar-refractivity contribution in [2.45, 2.75) is 55.4 Å². The molecule has 0 bridgehead atoms. The minimum atomic E-state index is -2.23. The first-order valence-electron chi connectivity index (χ1n) is 8.73. The highest BCUT2D eigenvalue weighted by atomic mass is 28.4. The van der Waals surface area contributed by atoms with Crippen LogP contribution in [0.1, 0.15) is 55.4 Å². The average Bonchev–Trinajstić information content (AvgIpc) is 2.43. The summed E-state index contributed by atoms with van der Waals surface area (Å²) in [5, 5.41) is 0. The molecule has 0 unspecified atom stereocenters. The molecule has 0 heterocycles. The molecule has 139 valence electrons. The molecule has 0 saturated carbocycles. The van der Waals surface area contributed by atoms with Crippen LogP contribution in [0.15, 0.2) is 0 Å². The van der Waals surface area contributed by atoms with Gasteiger partial charge in [0.25, 0.3) is 0 Å². The molecule has 0 fully saturated rings. The van der Waals surface area contributed by atoms with Crippen molar-refractivity contribution >= 4 is 19.1 Å². The van der Waals surface area contributed by atoms with E-state index in [9.17, 15) is 0 Å². The molecule has 0 aromatic rings. The third-order valence-corrected chi connectivity index (χ3v) is 5.67. The van der Waals surface area contributed by atoms with E-state index >= 15 is 0 Å².